The van der Waals surface area contributed by atoms with Crippen LogP contribution < -0.4 is 10.1 Å². The van der Waals surface area contributed by atoms with Gasteiger partial charge in [0.15, 0.2) is 0 Å². The first-order valence-electron chi connectivity index (χ1n) is 11.5. The molecule has 0 aliphatic carbocycles. The van der Waals surface area contributed by atoms with Gasteiger partial charge in [0, 0.05) is 43.5 Å². The predicted octanol–water partition coefficient (Wildman–Crippen LogP) is 4.98. The number of hydrogen-bond donors (Lipinski definition) is 1. The summed E-state index contributed by atoms with van der Waals surface area (Å²) in [5.74, 6) is 2.63. The van der Waals surface area contributed by atoms with Crippen LogP contribution in [0.2, 0.25) is 0 Å². The topological polar surface area (TPSA) is 54.7 Å². The predicted molar refractivity (Wildman–Crippen MR) is 124 cm³/mol. The Morgan fingerprint density at radius 1 is 1.03 bits per heavy atom. The van der Waals surface area contributed by atoms with Crippen molar-refractivity contribution in [1.29, 1.82) is 0 Å². The van der Waals surface area contributed by atoms with E-state index in [0.717, 1.165) is 60.7 Å². The van der Waals surface area contributed by atoms with Crippen molar-refractivity contribution >= 4 is 5.91 Å². The van der Waals surface area contributed by atoms with E-state index in [0.29, 0.717) is 12.8 Å². The summed E-state index contributed by atoms with van der Waals surface area (Å²) in [6.45, 7) is 2.04. The van der Waals surface area contributed by atoms with Gasteiger partial charge < -0.3 is 19.4 Å². The summed E-state index contributed by atoms with van der Waals surface area (Å²) < 4.78 is 12.5. The largest absolute Gasteiger partial charge is 0.487 e. The first-order valence-corrected chi connectivity index (χ1v) is 11.5. The molecule has 5 heteroatoms. The van der Waals surface area contributed by atoms with Crippen LogP contribution in [0.5, 0.6) is 5.75 Å². The summed E-state index contributed by atoms with van der Waals surface area (Å²) in [6, 6.07) is 22.1. The standard InChI is InChI=1S/C27H30N2O3/c1-29-17-15-27(16-18-29)19-23(22-9-5-6-10-25(22)32-27)28-26(30)14-12-21-11-13-24(31-21)20-7-3-2-4-8-20/h2-11,13,23H,12,14-19H2,1H3,(H,28,30). The lowest BCUT2D eigenvalue weighted by Gasteiger charge is -2.46. The fraction of sp³-hybridized carbons (Fsp3) is 0.370. The van der Waals surface area contributed by atoms with E-state index in [2.05, 4.69) is 23.3 Å². The number of furan rings is 1. The highest BCUT2D eigenvalue weighted by Gasteiger charge is 2.43. The van der Waals surface area contributed by atoms with E-state index in [1.165, 1.54) is 0 Å². The van der Waals surface area contributed by atoms with Crippen molar-refractivity contribution in [3.8, 4) is 17.1 Å². The molecular weight excluding hydrogens is 400 g/mol. The number of benzene rings is 2. The number of ether oxygens (including phenoxy) is 1. The Hall–Kier alpha value is -3.05. The Labute approximate surface area is 189 Å². The Kier molecular flexibility index (Phi) is 5.75. The molecule has 1 atom stereocenters. The van der Waals surface area contributed by atoms with Gasteiger partial charge in [0.2, 0.25) is 5.91 Å². The maximum Gasteiger partial charge on any atom is 0.220 e. The number of likely N-dealkylation sites (tertiary alicyclic amines) is 1. The summed E-state index contributed by atoms with van der Waals surface area (Å²) in [4.78, 5) is 15.2. The zero-order chi connectivity index (χ0) is 22.0. The Balaban J connectivity index is 1.24. The highest BCUT2D eigenvalue weighted by atomic mass is 16.5. The molecule has 1 fully saturated rings. The van der Waals surface area contributed by atoms with Crippen molar-refractivity contribution in [2.24, 2.45) is 0 Å². The molecule has 2 aliphatic heterocycles. The fourth-order valence-corrected chi connectivity index (χ4v) is 4.85. The zero-order valence-electron chi connectivity index (χ0n) is 18.5. The normalized spacial score (nSPS) is 19.8. The number of amides is 1. The van der Waals surface area contributed by atoms with Gasteiger partial charge in [-0.25, -0.2) is 0 Å². The van der Waals surface area contributed by atoms with Crippen molar-refractivity contribution in [3.05, 3.63) is 78.1 Å². The zero-order valence-corrected chi connectivity index (χ0v) is 18.5. The van der Waals surface area contributed by atoms with Crippen molar-refractivity contribution in [2.45, 2.75) is 43.7 Å². The van der Waals surface area contributed by atoms with E-state index in [9.17, 15) is 4.79 Å². The lowest BCUT2D eigenvalue weighted by molar-refractivity contribution is -0.122. The third-order valence-corrected chi connectivity index (χ3v) is 6.75. The molecule has 5 nitrogen and oxygen atoms in total. The van der Waals surface area contributed by atoms with E-state index in [-0.39, 0.29) is 17.6 Å². The van der Waals surface area contributed by atoms with Crippen LogP contribution in [0, 0.1) is 0 Å². The number of aryl methyl sites for hydroxylation is 1. The van der Waals surface area contributed by atoms with Crippen LogP contribution in [0.25, 0.3) is 11.3 Å². The molecule has 32 heavy (non-hydrogen) atoms. The number of nitrogens with one attached hydrogen (secondary N) is 1. The number of piperidine rings is 1. The van der Waals surface area contributed by atoms with Crippen molar-refractivity contribution in [1.82, 2.24) is 10.2 Å². The summed E-state index contributed by atoms with van der Waals surface area (Å²) in [6.07, 6.45) is 3.77. The number of carbonyl (C=O) groups excluding carboxylic acids is 1. The van der Waals surface area contributed by atoms with Crippen LogP contribution in [0.4, 0.5) is 0 Å². The van der Waals surface area contributed by atoms with E-state index < -0.39 is 0 Å². The molecule has 5 rings (SSSR count). The van der Waals surface area contributed by atoms with Crippen molar-refractivity contribution in [3.63, 3.8) is 0 Å². The number of carbonyl (C=O) groups is 1. The van der Waals surface area contributed by atoms with E-state index in [1.807, 2.05) is 60.7 Å². The van der Waals surface area contributed by atoms with Gasteiger partial charge in [-0.3, -0.25) is 4.79 Å². The molecule has 1 aromatic heterocycles. The maximum atomic E-state index is 12.9. The lowest BCUT2D eigenvalue weighted by Crippen LogP contribution is -2.51. The minimum Gasteiger partial charge on any atom is -0.487 e. The summed E-state index contributed by atoms with van der Waals surface area (Å²) >= 11 is 0. The van der Waals surface area contributed by atoms with Gasteiger partial charge in [-0.1, -0.05) is 48.5 Å². The first kappa shape index (κ1) is 20.8. The Morgan fingerprint density at radius 3 is 2.59 bits per heavy atom. The van der Waals surface area contributed by atoms with Gasteiger partial charge in [-0.05, 0) is 38.1 Å². The first-order chi connectivity index (χ1) is 15.6. The molecule has 0 saturated carbocycles. The highest BCUT2D eigenvalue weighted by molar-refractivity contribution is 5.77. The van der Waals surface area contributed by atoms with Crippen LogP contribution in [-0.4, -0.2) is 36.5 Å². The number of fused-ring (bicyclic) bond motifs is 1. The Bertz CT molecular complexity index is 1070. The number of para-hydroxylation sites is 1. The third kappa shape index (κ3) is 4.44. The second-order valence-electron chi connectivity index (χ2n) is 9.08. The minimum atomic E-state index is -0.190. The molecule has 2 aliphatic rings. The molecule has 0 bridgehead atoms. The lowest BCUT2D eigenvalue weighted by atomic mass is 9.80. The average molecular weight is 431 g/mol. The fourth-order valence-electron chi connectivity index (χ4n) is 4.85. The van der Waals surface area contributed by atoms with Crippen LogP contribution in [0.1, 0.15) is 43.0 Å². The van der Waals surface area contributed by atoms with E-state index in [4.69, 9.17) is 9.15 Å². The number of rotatable bonds is 5. The maximum absolute atomic E-state index is 12.9. The number of hydrogen-bond acceptors (Lipinski definition) is 4. The van der Waals surface area contributed by atoms with E-state index >= 15 is 0 Å². The van der Waals surface area contributed by atoms with Gasteiger partial charge in [-0.15, -0.1) is 0 Å². The monoisotopic (exact) mass is 430 g/mol. The average Bonchev–Trinajstić information content (AvgIpc) is 3.30. The second-order valence-corrected chi connectivity index (χ2v) is 9.08. The Morgan fingerprint density at radius 2 is 1.78 bits per heavy atom. The summed E-state index contributed by atoms with van der Waals surface area (Å²) in [5, 5.41) is 3.29. The molecule has 2 aromatic carbocycles. The SMILES string of the molecule is CN1CCC2(CC1)CC(NC(=O)CCc1ccc(-c3ccccc3)o1)c1ccccc1O2. The third-order valence-electron chi connectivity index (χ3n) is 6.75. The molecule has 3 aromatic rings. The summed E-state index contributed by atoms with van der Waals surface area (Å²) in [5.41, 5.74) is 1.94. The molecule has 1 N–H and O–H groups in total. The van der Waals surface area contributed by atoms with Crippen molar-refractivity contribution < 1.29 is 13.9 Å². The van der Waals surface area contributed by atoms with Gasteiger partial charge in [0.05, 0.1) is 6.04 Å². The van der Waals surface area contributed by atoms with E-state index in [1.54, 1.807) is 0 Å². The highest BCUT2D eigenvalue weighted by Crippen LogP contribution is 2.44. The molecule has 3 heterocycles. The van der Waals surface area contributed by atoms with Crippen LogP contribution in [0.15, 0.2) is 71.1 Å². The molecule has 1 amide bonds. The molecular formula is C27H30N2O3. The van der Waals surface area contributed by atoms with Gasteiger partial charge in [0.25, 0.3) is 0 Å². The molecule has 1 spiro atoms. The van der Waals surface area contributed by atoms with Crippen molar-refractivity contribution in [2.75, 3.05) is 20.1 Å². The second kappa shape index (κ2) is 8.83. The molecule has 1 unspecified atom stereocenters. The van der Waals surface area contributed by atoms with Crippen LogP contribution in [-0.2, 0) is 11.2 Å². The van der Waals surface area contributed by atoms with Crippen LogP contribution >= 0.6 is 0 Å². The molecule has 0 radical (unpaired) electrons. The van der Waals surface area contributed by atoms with Gasteiger partial charge in [0.1, 0.15) is 22.9 Å². The minimum absolute atomic E-state index is 0.0210. The van der Waals surface area contributed by atoms with Gasteiger partial charge in [-0.2, -0.15) is 0 Å². The van der Waals surface area contributed by atoms with Crippen LogP contribution in [0.3, 0.4) is 0 Å². The van der Waals surface area contributed by atoms with Gasteiger partial charge >= 0.3 is 0 Å². The quantitative estimate of drug-likeness (QED) is 0.620. The smallest absolute Gasteiger partial charge is 0.220 e. The summed E-state index contributed by atoms with van der Waals surface area (Å²) in [7, 11) is 2.15. The number of nitrogens with zero attached hydrogens (tertiary/aromatic N) is 1. The molecule has 166 valence electrons. The molecule has 1 saturated heterocycles.